The highest BCUT2D eigenvalue weighted by Gasteiger charge is 2.19. The highest BCUT2D eigenvalue weighted by Crippen LogP contribution is 2.22. The van der Waals surface area contributed by atoms with Crippen LogP contribution in [0.4, 0.5) is 4.39 Å². The minimum Gasteiger partial charge on any atom is -0.465 e. The summed E-state index contributed by atoms with van der Waals surface area (Å²) in [6, 6.07) is 5.15. The fraction of sp³-hybridized carbons (Fsp3) is 0.333. The van der Waals surface area contributed by atoms with Crippen molar-refractivity contribution in [1.82, 2.24) is 15.5 Å². The number of carbonyl (C=O) groups is 2. The van der Waals surface area contributed by atoms with Crippen molar-refractivity contribution >= 4 is 23.6 Å². The highest BCUT2D eigenvalue weighted by molar-refractivity contribution is 8.00. The molecule has 2 rings (SSSR count). The summed E-state index contributed by atoms with van der Waals surface area (Å²) in [5.41, 5.74) is 0.321. The summed E-state index contributed by atoms with van der Waals surface area (Å²) in [7, 11) is 0. The smallest absolute Gasteiger partial charge is 0.319 e. The quantitative estimate of drug-likeness (QED) is 0.602. The maximum Gasteiger partial charge on any atom is 0.319 e. The minimum absolute atomic E-state index is 0.0254. The predicted molar refractivity (Wildman–Crippen MR) is 83.8 cm³/mol. The molecule has 1 heterocycles. The molecule has 0 bridgehead atoms. The number of thioether (sulfide) groups is 1. The molecule has 1 aromatic heterocycles. The topological polar surface area (TPSA) is 94.3 Å². The molecule has 0 aliphatic carbocycles. The van der Waals surface area contributed by atoms with Gasteiger partial charge in [0, 0.05) is 5.56 Å². The van der Waals surface area contributed by atoms with Crippen molar-refractivity contribution in [3.05, 3.63) is 41.5 Å². The summed E-state index contributed by atoms with van der Waals surface area (Å²) in [4.78, 5) is 23.4. The number of ether oxygens (including phenoxy) is 1. The zero-order valence-electron chi connectivity index (χ0n) is 13.1. The van der Waals surface area contributed by atoms with E-state index < -0.39 is 11.1 Å². The van der Waals surface area contributed by atoms with Crippen molar-refractivity contribution in [2.45, 2.75) is 30.9 Å². The van der Waals surface area contributed by atoms with Gasteiger partial charge in [-0.25, -0.2) is 4.39 Å². The molecule has 0 radical (unpaired) electrons. The van der Waals surface area contributed by atoms with Crippen molar-refractivity contribution in [3.63, 3.8) is 0 Å². The normalized spacial score (nSPS) is 11.8. The van der Waals surface area contributed by atoms with Crippen LogP contribution in [0.1, 0.15) is 30.1 Å². The van der Waals surface area contributed by atoms with Gasteiger partial charge in [-0.2, -0.15) is 0 Å². The lowest BCUT2D eigenvalue weighted by atomic mass is 10.2. The van der Waals surface area contributed by atoms with Gasteiger partial charge in [-0.1, -0.05) is 11.8 Å². The van der Waals surface area contributed by atoms with Crippen molar-refractivity contribution in [1.29, 1.82) is 0 Å². The molecule has 9 heteroatoms. The third-order valence-electron chi connectivity index (χ3n) is 2.85. The van der Waals surface area contributed by atoms with Crippen molar-refractivity contribution in [2.24, 2.45) is 0 Å². The average Bonchev–Trinajstić information content (AvgIpc) is 3.01. The van der Waals surface area contributed by atoms with Gasteiger partial charge in [0.05, 0.1) is 13.2 Å². The number of benzene rings is 1. The molecule has 7 nitrogen and oxygen atoms in total. The largest absolute Gasteiger partial charge is 0.465 e. The van der Waals surface area contributed by atoms with E-state index in [4.69, 9.17) is 9.15 Å². The van der Waals surface area contributed by atoms with E-state index in [1.807, 2.05) is 0 Å². The summed E-state index contributed by atoms with van der Waals surface area (Å²) in [6.45, 7) is 3.72. The SMILES string of the molecule is CCOC(=O)[C@H](C)Sc1nnc(CNC(=O)c2ccc(F)cc2)o1. The van der Waals surface area contributed by atoms with Gasteiger partial charge in [0.15, 0.2) is 0 Å². The molecule has 1 aromatic carbocycles. The van der Waals surface area contributed by atoms with Gasteiger partial charge in [0.25, 0.3) is 11.1 Å². The van der Waals surface area contributed by atoms with E-state index in [2.05, 4.69) is 15.5 Å². The minimum atomic E-state index is -0.480. The third kappa shape index (κ3) is 5.05. The molecule has 128 valence electrons. The summed E-state index contributed by atoms with van der Waals surface area (Å²) in [5.74, 6) is -0.973. The standard InChI is InChI=1S/C15H16FN3O4S/c1-3-22-14(21)9(2)24-15-19-18-12(23-15)8-17-13(20)10-4-6-11(16)7-5-10/h4-7,9H,3,8H2,1-2H3,(H,17,20)/t9-/m0/s1. The average molecular weight is 353 g/mol. The molecule has 0 fully saturated rings. The summed E-state index contributed by atoms with van der Waals surface area (Å²) in [6.07, 6.45) is 0. The van der Waals surface area contributed by atoms with E-state index in [1.165, 1.54) is 24.3 Å². The summed E-state index contributed by atoms with van der Waals surface area (Å²) >= 11 is 1.08. The predicted octanol–water partition coefficient (Wildman–Crippen LogP) is 2.18. The van der Waals surface area contributed by atoms with Crippen molar-refractivity contribution < 1.29 is 23.1 Å². The molecule has 1 N–H and O–H groups in total. The van der Waals surface area contributed by atoms with Crippen LogP contribution in [0, 0.1) is 5.82 Å². The number of amides is 1. The number of halogens is 1. The van der Waals surface area contributed by atoms with Gasteiger partial charge in [-0.05, 0) is 38.1 Å². The number of aromatic nitrogens is 2. The Bertz CT molecular complexity index is 705. The van der Waals surface area contributed by atoms with E-state index in [0.29, 0.717) is 12.2 Å². The van der Waals surface area contributed by atoms with E-state index >= 15 is 0 Å². The molecular formula is C15H16FN3O4S. The lowest BCUT2D eigenvalue weighted by molar-refractivity contribution is -0.142. The molecule has 0 unspecified atom stereocenters. The Morgan fingerprint density at radius 2 is 2.04 bits per heavy atom. The first-order chi connectivity index (χ1) is 11.5. The molecule has 2 aromatic rings. The number of nitrogens with one attached hydrogen (secondary N) is 1. The van der Waals surface area contributed by atoms with Crippen LogP contribution in [0.25, 0.3) is 0 Å². The molecule has 0 aliphatic rings. The lowest BCUT2D eigenvalue weighted by Gasteiger charge is -2.06. The molecule has 0 saturated carbocycles. The van der Waals surface area contributed by atoms with E-state index in [9.17, 15) is 14.0 Å². The van der Waals surface area contributed by atoms with Gasteiger partial charge < -0.3 is 14.5 Å². The summed E-state index contributed by atoms with van der Waals surface area (Å²) in [5, 5.41) is 9.90. The Labute approximate surface area is 142 Å². The molecule has 0 spiro atoms. The number of esters is 1. The van der Waals surface area contributed by atoms with Crippen LogP contribution >= 0.6 is 11.8 Å². The highest BCUT2D eigenvalue weighted by atomic mass is 32.2. The number of nitrogens with zero attached hydrogens (tertiary/aromatic N) is 2. The molecule has 1 amide bonds. The van der Waals surface area contributed by atoms with Crippen molar-refractivity contribution in [2.75, 3.05) is 6.61 Å². The Kier molecular flexibility index (Phi) is 6.30. The van der Waals surface area contributed by atoms with Gasteiger partial charge >= 0.3 is 5.97 Å². The Morgan fingerprint density at radius 3 is 2.71 bits per heavy atom. The van der Waals surface area contributed by atoms with Crippen LogP contribution in [0.5, 0.6) is 0 Å². The molecule has 0 aliphatic heterocycles. The Hall–Kier alpha value is -2.42. The second-order valence-electron chi connectivity index (χ2n) is 4.66. The van der Waals surface area contributed by atoms with E-state index in [1.54, 1.807) is 13.8 Å². The summed E-state index contributed by atoms with van der Waals surface area (Å²) < 4.78 is 23.0. The van der Waals surface area contributed by atoms with Crippen LogP contribution in [0.2, 0.25) is 0 Å². The van der Waals surface area contributed by atoms with Crippen LogP contribution in [0.3, 0.4) is 0 Å². The first kappa shape index (κ1) is 17.9. The second kappa shape index (κ2) is 8.44. The monoisotopic (exact) mass is 353 g/mol. The van der Waals surface area contributed by atoms with E-state index in [0.717, 1.165) is 11.8 Å². The maximum absolute atomic E-state index is 12.8. The maximum atomic E-state index is 12.8. The van der Waals surface area contributed by atoms with Crippen molar-refractivity contribution in [3.8, 4) is 0 Å². The van der Waals surface area contributed by atoms with Gasteiger partial charge in [-0.15, -0.1) is 10.2 Å². The van der Waals surface area contributed by atoms with E-state index in [-0.39, 0.29) is 29.5 Å². The second-order valence-corrected chi connectivity index (χ2v) is 5.96. The molecule has 1 atom stereocenters. The van der Waals surface area contributed by atoms with Crippen LogP contribution in [-0.4, -0.2) is 33.9 Å². The van der Waals surface area contributed by atoms with Crippen LogP contribution in [-0.2, 0) is 16.1 Å². The number of carbonyl (C=O) groups excluding carboxylic acids is 2. The van der Waals surface area contributed by atoms with Crippen LogP contribution < -0.4 is 5.32 Å². The molecule has 24 heavy (non-hydrogen) atoms. The molecular weight excluding hydrogens is 337 g/mol. The Balaban J connectivity index is 1.86. The zero-order chi connectivity index (χ0) is 17.5. The van der Waals surface area contributed by atoms with Gasteiger partial charge in [0.1, 0.15) is 11.1 Å². The van der Waals surface area contributed by atoms with Gasteiger partial charge in [-0.3, -0.25) is 9.59 Å². The number of hydrogen-bond donors (Lipinski definition) is 1. The zero-order valence-corrected chi connectivity index (χ0v) is 13.9. The number of hydrogen-bond acceptors (Lipinski definition) is 7. The first-order valence-electron chi connectivity index (χ1n) is 7.19. The lowest BCUT2D eigenvalue weighted by Crippen LogP contribution is -2.22. The van der Waals surface area contributed by atoms with Crippen LogP contribution in [0.15, 0.2) is 33.9 Å². The third-order valence-corrected chi connectivity index (χ3v) is 3.76. The number of rotatable bonds is 7. The fourth-order valence-corrected chi connectivity index (χ4v) is 2.37. The Morgan fingerprint density at radius 1 is 1.33 bits per heavy atom. The fourth-order valence-electron chi connectivity index (χ4n) is 1.68. The van der Waals surface area contributed by atoms with Gasteiger partial charge in [0.2, 0.25) is 5.89 Å². The molecule has 0 saturated heterocycles. The first-order valence-corrected chi connectivity index (χ1v) is 8.07.